The Morgan fingerprint density at radius 2 is 1.90 bits per heavy atom. The van der Waals surface area contributed by atoms with Crippen LogP contribution in [0.1, 0.15) is 5.89 Å². The Balaban J connectivity index is 1.37. The molecule has 2 unspecified atom stereocenters. The van der Waals surface area contributed by atoms with Crippen LogP contribution in [0, 0.1) is 11.6 Å². The third kappa shape index (κ3) is 3.28. The lowest BCUT2D eigenvalue weighted by molar-refractivity contribution is -0.123. The molecule has 0 N–H and O–H groups in total. The highest BCUT2D eigenvalue weighted by molar-refractivity contribution is 9.10. The van der Waals surface area contributed by atoms with E-state index in [0.29, 0.717) is 5.82 Å². The molecule has 3 heterocycles. The molecule has 1 fully saturated rings. The number of amides is 2. The second-order valence-electron chi connectivity index (χ2n) is 6.82. The number of hydrogen-bond acceptors (Lipinski definition) is 8. The van der Waals surface area contributed by atoms with Crippen LogP contribution in [0.15, 0.2) is 61.8 Å². The number of nitrogens with zero attached hydrogens (tertiary/aromatic N) is 6. The van der Waals surface area contributed by atoms with E-state index in [-0.39, 0.29) is 18.1 Å². The zero-order valence-corrected chi connectivity index (χ0v) is 17.0. The van der Waals surface area contributed by atoms with Crippen molar-refractivity contribution in [2.24, 2.45) is 10.3 Å². The second-order valence-corrected chi connectivity index (χ2v) is 7.74. The molecule has 1 aromatic heterocycles. The zero-order valence-electron chi connectivity index (χ0n) is 15.4. The van der Waals surface area contributed by atoms with Gasteiger partial charge >= 0.3 is 0 Å². The third-order valence-corrected chi connectivity index (χ3v) is 5.36. The van der Waals surface area contributed by atoms with Crippen molar-refractivity contribution in [3.05, 3.63) is 64.5 Å². The van der Waals surface area contributed by atoms with Crippen LogP contribution in [0.5, 0.6) is 0 Å². The van der Waals surface area contributed by atoms with Crippen molar-refractivity contribution in [1.82, 2.24) is 15.1 Å². The van der Waals surface area contributed by atoms with Crippen LogP contribution in [-0.4, -0.2) is 39.0 Å². The molecule has 0 bridgehead atoms. The average molecular weight is 489 g/mol. The lowest BCUT2D eigenvalue weighted by Gasteiger charge is -2.19. The van der Waals surface area contributed by atoms with Gasteiger partial charge in [-0.2, -0.15) is 10.1 Å². The fraction of sp³-hybridized carbons (Fsp3) is 0.158. The Bertz CT molecular complexity index is 1250. The van der Waals surface area contributed by atoms with Crippen molar-refractivity contribution in [1.29, 1.82) is 0 Å². The van der Waals surface area contributed by atoms with Crippen molar-refractivity contribution in [2.75, 3.05) is 4.90 Å². The molecule has 1 saturated heterocycles. The summed E-state index contributed by atoms with van der Waals surface area (Å²) in [4.78, 5) is 30.7. The molecule has 156 valence electrons. The molecule has 2 amide bonds. The van der Waals surface area contributed by atoms with Gasteiger partial charge in [0.1, 0.15) is 6.54 Å². The number of hydrogen-bond donors (Lipinski definition) is 0. The van der Waals surface area contributed by atoms with Crippen LogP contribution in [0.25, 0.3) is 11.4 Å². The van der Waals surface area contributed by atoms with Crippen molar-refractivity contribution in [2.45, 2.75) is 18.6 Å². The number of aromatic nitrogens is 2. The summed E-state index contributed by atoms with van der Waals surface area (Å²) >= 11 is 3.37. The molecule has 0 saturated carbocycles. The number of carbonyl (C=O) groups is 2. The minimum atomic E-state index is -1.17. The lowest BCUT2D eigenvalue weighted by Crippen LogP contribution is -2.39. The predicted octanol–water partition coefficient (Wildman–Crippen LogP) is 3.27. The fourth-order valence-corrected chi connectivity index (χ4v) is 3.83. The summed E-state index contributed by atoms with van der Waals surface area (Å²) in [5.74, 6) is -3.06. The lowest BCUT2D eigenvalue weighted by atomic mass is 10.1. The summed E-state index contributed by atoms with van der Waals surface area (Å²) in [6, 6.07) is 7.97. The summed E-state index contributed by atoms with van der Waals surface area (Å²) in [7, 11) is 0. The number of rotatable bonds is 4. The van der Waals surface area contributed by atoms with Gasteiger partial charge in [0.05, 0.1) is 5.69 Å². The maximum atomic E-state index is 13.6. The maximum absolute atomic E-state index is 13.6. The van der Waals surface area contributed by atoms with E-state index in [1.54, 1.807) is 0 Å². The normalized spacial score (nSPS) is 20.1. The zero-order chi connectivity index (χ0) is 21.7. The van der Waals surface area contributed by atoms with Crippen LogP contribution < -0.4 is 4.90 Å². The van der Waals surface area contributed by atoms with E-state index in [1.807, 2.05) is 24.3 Å². The minimum absolute atomic E-state index is 0.0592. The number of halogens is 3. The molecule has 0 spiro atoms. The first kappa shape index (κ1) is 19.4. The Hall–Kier alpha value is -3.54. The van der Waals surface area contributed by atoms with Crippen LogP contribution in [0.4, 0.5) is 14.5 Å². The predicted molar refractivity (Wildman–Crippen MR) is 104 cm³/mol. The van der Waals surface area contributed by atoms with Crippen molar-refractivity contribution in [3.8, 4) is 11.4 Å². The quantitative estimate of drug-likeness (QED) is 0.522. The van der Waals surface area contributed by atoms with Crippen molar-refractivity contribution < 1.29 is 22.9 Å². The number of anilines is 1. The van der Waals surface area contributed by atoms with Crippen molar-refractivity contribution >= 4 is 33.4 Å². The summed E-state index contributed by atoms with van der Waals surface area (Å²) in [6.07, 6.45) is 0. The minimum Gasteiger partial charge on any atom is -0.337 e. The first-order chi connectivity index (χ1) is 14.9. The Kier molecular flexibility index (Phi) is 4.58. The largest absolute Gasteiger partial charge is 0.337 e. The number of fused-ring (bicyclic) bond motifs is 1. The topological polar surface area (TPSA) is 104 Å². The molecule has 2 aliphatic heterocycles. The maximum Gasteiger partial charge on any atom is 0.263 e. The first-order valence-corrected chi connectivity index (χ1v) is 9.80. The summed E-state index contributed by atoms with van der Waals surface area (Å²) in [5, 5.41) is 13.0. The van der Waals surface area contributed by atoms with E-state index in [4.69, 9.17) is 4.52 Å². The van der Waals surface area contributed by atoms with E-state index >= 15 is 0 Å². The molecular weight excluding hydrogens is 478 g/mol. The molecule has 12 heteroatoms. The van der Waals surface area contributed by atoms with Crippen molar-refractivity contribution in [3.63, 3.8) is 0 Å². The van der Waals surface area contributed by atoms with Crippen LogP contribution in [0.3, 0.4) is 0 Å². The van der Waals surface area contributed by atoms with Gasteiger partial charge in [-0.3, -0.25) is 14.6 Å². The summed E-state index contributed by atoms with van der Waals surface area (Å²) < 4.78 is 32.9. The van der Waals surface area contributed by atoms with E-state index in [9.17, 15) is 18.4 Å². The Morgan fingerprint density at radius 1 is 1.06 bits per heavy atom. The standard InChI is InChI=1S/C19H11BrF2N6O3/c20-10-3-1-2-9(6-10)17-23-14(31-25-17)8-27-16-15(24-26-27)18(29)28(19(16)30)11-4-5-12(21)13(22)7-11/h1-7,15-16H,8H2. The van der Waals surface area contributed by atoms with Gasteiger partial charge < -0.3 is 4.52 Å². The molecule has 0 aliphatic carbocycles. The molecule has 2 aliphatic rings. The molecule has 9 nitrogen and oxygen atoms in total. The molecule has 0 radical (unpaired) electrons. The van der Waals surface area contributed by atoms with E-state index in [2.05, 4.69) is 36.4 Å². The molecule has 5 rings (SSSR count). The highest BCUT2D eigenvalue weighted by Gasteiger charge is 2.55. The first-order valence-electron chi connectivity index (χ1n) is 9.01. The third-order valence-electron chi connectivity index (χ3n) is 4.87. The summed E-state index contributed by atoms with van der Waals surface area (Å²) in [6.45, 7) is -0.0592. The highest BCUT2D eigenvalue weighted by Crippen LogP contribution is 2.33. The Morgan fingerprint density at radius 3 is 2.68 bits per heavy atom. The van der Waals surface area contributed by atoms with Gasteiger partial charge in [-0.15, -0.1) is 0 Å². The van der Waals surface area contributed by atoms with Crippen LogP contribution in [-0.2, 0) is 16.1 Å². The van der Waals surface area contributed by atoms with Gasteiger partial charge in [0.2, 0.25) is 11.7 Å². The second kappa shape index (κ2) is 7.30. The molecule has 2 aromatic carbocycles. The number of carbonyl (C=O) groups excluding carboxylic acids is 2. The average Bonchev–Trinajstić information content (AvgIpc) is 3.43. The van der Waals surface area contributed by atoms with Gasteiger partial charge in [0, 0.05) is 16.1 Å². The highest BCUT2D eigenvalue weighted by atomic mass is 79.9. The molecule has 2 atom stereocenters. The van der Waals surface area contributed by atoms with Gasteiger partial charge in [0.25, 0.3) is 11.8 Å². The van der Waals surface area contributed by atoms with E-state index in [1.165, 1.54) is 5.01 Å². The van der Waals surface area contributed by atoms with Gasteiger partial charge in [-0.05, 0) is 24.3 Å². The van der Waals surface area contributed by atoms with Gasteiger partial charge in [-0.1, -0.05) is 38.4 Å². The molecule has 3 aromatic rings. The van der Waals surface area contributed by atoms with Gasteiger partial charge in [-0.25, -0.2) is 13.7 Å². The SMILES string of the molecule is O=C1C2N=NN(Cc3nc(-c4cccc(Br)c4)no3)C2C(=O)N1c1ccc(F)c(F)c1. The smallest absolute Gasteiger partial charge is 0.263 e. The number of benzene rings is 2. The van der Waals surface area contributed by atoms with Crippen LogP contribution >= 0.6 is 15.9 Å². The fourth-order valence-electron chi connectivity index (χ4n) is 3.43. The number of imide groups is 1. The molecule has 31 heavy (non-hydrogen) atoms. The summed E-state index contributed by atoms with van der Waals surface area (Å²) in [5.41, 5.74) is 0.648. The van der Waals surface area contributed by atoms with Gasteiger partial charge in [0.15, 0.2) is 23.7 Å². The van der Waals surface area contributed by atoms with E-state index in [0.717, 1.165) is 33.1 Å². The van der Waals surface area contributed by atoms with E-state index < -0.39 is 35.5 Å². The van der Waals surface area contributed by atoms with Crippen LogP contribution in [0.2, 0.25) is 0 Å². The molecular formula is C19H11BrF2N6O3. The monoisotopic (exact) mass is 488 g/mol. The Labute approximate surface area is 181 Å².